The predicted octanol–water partition coefficient (Wildman–Crippen LogP) is 1.54. The molecule has 2 aromatic rings. The van der Waals surface area contributed by atoms with Crippen LogP contribution in [0, 0.1) is 0 Å². The maximum absolute atomic E-state index is 12.9. The Morgan fingerprint density at radius 2 is 1.55 bits per heavy atom. The first kappa shape index (κ1) is 21.6. The number of benzene rings is 2. The molecular formula is C19H26N4O4S2. The molecule has 29 heavy (non-hydrogen) atoms. The van der Waals surface area contributed by atoms with E-state index in [1.54, 1.807) is 12.1 Å². The summed E-state index contributed by atoms with van der Waals surface area (Å²) < 4.78 is 53.9. The maximum Gasteiger partial charge on any atom is 0.261 e. The van der Waals surface area contributed by atoms with Crippen LogP contribution in [0.2, 0.25) is 0 Å². The van der Waals surface area contributed by atoms with Gasteiger partial charge in [0.2, 0.25) is 10.0 Å². The molecule has 1 fully saturated rings. The van der Waals surface area contributed by atoms with E-state index in [1.807, 2.05) is 19.2 Å². The average Bonchev–Trinajstić information content (AvgIpc) is 3.22. The van der Waals surface area contributed by atoms with Crippen molar-refractivity contribution < 1.29 is 16.8 Å². The van der Waals surface area contributed by atoms with E-state index in [-0.39, 0.29) is 15.8 Å². The number of anilines is 2. The van der Waals surface area contributed by atoms with Crippen LogP contribution >= 0.6 is 0 Å². The number of sulfonamides is 2. The van der Waals surface area contributed by atoms with Crippen molar-refractivity contribution in [1.29, 1.82) is 0 Å². The Morgan fingerprint density at radius 1 is 0.931 bits per heavy atom. The van der Waals surface area contributed by atoms with Gasteiger partial charge in [-0.25, -0.2) is 21.1 Å². The number of nitrogens with one attached hydrogen (secondary N) is 2. The van der Waals surface area contributed by atoms with Crippen molar-refractivity contribution in [3.63, 3.8) is 0 Å². The number of likely N-dealkylation sites (N-methyl/N-ethyl adjacent to an activating group) is 1. The fourth-order valence-corrected chi connectivity index (χ4v) is 5.22. The first-order valence-corrected chi connectivity index (χ1v) is 12.1. The molecule has 1 unspecified atom stereocenters. The fourth-order valence-electron chi connectivity index (χ4n) is 3.24. The topological polar surface area (TPSA) is 98.8 Å². The quantitative estimate of drug-likeness (QED) is 0.680. The summed E-state index contributed by atoms with van der Waals surface area (Å²) in [5.41, 5.74) is 1.27. The van der Waals surface area contributed by atoms with E-state index in [4.69, 9.17) is 0 Å². The van der Waals surface area contributed by atoms with Gasteiger partial charge < -0.3 is 10.2 Å². The number of rotatable bonds is 7. The third kappa shape index (κ3) is 4.55. The average molecular weight is 439 g/mol. The molecule has 0 spiro atoms. The first-order chi connectivity index (χ1) is 13.6. The second-order valence-corrected chi connectivity index (χ2v) is 11.0. The minimum absolute atomic E-state index is 0.00445. The summed E-state index contributed by atoms with van der Waals surface area (Å²) in [7, 11) is -2.70. The van der Waals surface area contributed by atoms with Crippen molar-refractivity contribution in [2.45, 2.75) is 22.3 Å². The molecule has 1 atom stereocenters. The Bertz CT molecular complexity index is 1060. The summed E-state index contributed by atoms with van der Waals surface area (Å²) in [5.74, 6) is 0. The van der Waals surface area contributed by atoms with Crippen LogP contribution in [-0.2, 0) is 20.0 Å². The molecule has 2 N–H and O–H groups in total. The third-order valence-electron chi connectivity index (χ3n) is 5.02. The van der Waals surface area contributed by atoms with Crippen LogP contribution in [0.5, 0.6) is 0 Å². The molecule has 1 aliphatic rings. The molecule has 3 rings (SSSR count). The normalized spacial score (nSPS) is 17.4. The van der Waals surface area contributed by atoms with E-state index in [2.05, 4.69) is 14.9 Å². The second kappa shape index (κ2) is 8.31. The Kier molecular flexibility index (Phi) is 6.18. The third-order valence-corrected chi connectivity index (χ3v) is 8.23. The maximum atomic E-state index is 12.9. The minimum Gasteiger partial charge on any atom is -0.369 e. The van der Waals surface area contributed by atoms with Gasteiger partial charge in [0.1, 0.15) is 0 Å². The van der Waals surface area contributed by atoms with Crippen LogP contribution in [0.15, 0.2) is 58.3 Å². The number of para-hydroxylation sites is 2. The van der Waals surface area contributed by atoms with Crippen LogP contribution in [0.3, 0.4) is 0 Å². The zero-order valence-corrected chi connectivity index (χ0v) is 18.3. The molecule has 0 bridgehead atoms. The molecule has 0 saturated carbocycles. The van der Waals surface area contributed by atoms with Crippen molar-refractivity contribution in [2.24, 2.45) is 0 Å². The summed E-state index contributed by atoms with van der Waals surface area (Å²) in [6, 6.07) is 12.7. The van der Waals surface area contributed by atoms with Crippen molar-refractivity contribution in [2.75, 3.05) is 43.9 Å². The number of hydrogen-bond acceptors (Lipinski definition) is 6. The van der Waals surface area contributed by atoms with E-state index < -0.39 is 20.0 Å². The van der Waals surface area contributed by atoms with Gasteiger partial charge in [-0.05, 0) is 49.4 Å². The van der Waals surface area contributed by atoms with Gasteiger partial charge in [-0.1, -0.05) is 12.1 Å². The van der Waals surface area contributed by atoms with Gasteiger partial charge in [0.05, 0.1) is 21.2 Å². The zero-order chi connectivity index (χ0) is 21.2. The van der Waals surface area contributed by atoms with Crippen molar-refractivity contribution in [1.82, 2.24) is 9.62 Å². The minimum atomic E-state index is -3.88. The molecule has 2 aromatic carbocycles. The highest BCUT2D eigenvalue weighted by molar-refractivity contribution is 7.92. The van der Waals surface area contributed by atoms with Gasteiger partial charge in [0.15, 0.2) is 0 Å². The standard InChI is InChI=1S/C19H26N4O4S2/c1-22(2)29(26,27)17-10-8-16(9-11-17)28(24,25)21-18-6-4-5-7-19(18)23(3)15-12-13-20-14-15/h4-11,15,20-21H,12-14H2,1-3H3. The van der Waals surface area contributed by atoms with E-state index in [0.717, 1.165) is 29.5 Å². The number of hydrogen-bond donors (Lipinski definition) is 2. The van der Waals surface area contributed by atoms with Gasteiger partial charge in [-0.15, -0.1) is 0 Å². The lowest BCUT2D eigenvalue weighted by atomic mass is 10.2. The molecule has 1 aliphatic heterocycles. The molecule has 158 valence electrons. The number of nitrogens with zero attached hydrogens (tertiary/aromatic N) is 2. The van der Waals surface area contributed by atoms with Gasteiger partial charge in [0, 0.05) is 33.7 Å². The Morgan fingerprint density at radius 3 is 2.14 bits per heavy atom. The highest BCUT2D eigenvalue weighted by Crippen LogP contribution is 2.29. The molecule has 1 heterocycles. The van der Waals surface area contributed by atoms with E-state index in [0.29, 0.717) is 5.69 Å². The molecule has 1 saturated heterocycles. The van der Waals surface area contributed by atoms with E-state index in [9.17, 15) is 16.8 Å². The molecule has 0 radical (unpaired) electrons. The van der Waals surface area contributed by atoms with Crippen molar-refractivity contribution in [3.8, 4) is 0 Å². The Hall–Kier alpha value is -2.14. The van der Waals surface area contributed by atoms with Gasteiger partial charge in [-0.2, -0.15) is 0 Å². The molecule has 0 aliphatic carbocycles. The zero-order valence-electron chi connectivity index (χ0n) is 16.7. The molecule has 0 aromatic heterocycles. The van der Waals surface area contributed by atoms with Crippen LogP contribution in [-0.4, -0.2) is 61.4 Å². The summed E-state index contributed by atoms with van der Waals surface area (Å²) in [5, 5.41) is 3.31. The van der Waals surface area contributed by atoms with Crippen LogP contribution in [0.1, 0.15) is 6.42 Å². The predicted molar refractivity (Wildman–Crippen MR) is 114 cm³/mol. The smallest absolute Gasteiger partial charge is 0.261 e. The summed E-state index contributed by atoms with van der Waals surface area (Å²) in [6.07, 6.45) is 0.986. The van der Waals surface area contributed by atoms with Gasteiger partial charge in [0.25, 0.3) is 10.0 Å². The highest BCUT2D eigenvalue weighted by atomic mass is 32.2. The monoisotopic (exact) mass is 438 g/mol. The van der Waals surface area contributed by atoms with E-state index in [1.165, 1.54) is 38.4 Å². The second-order valence-electron chi connectivity index (χ2n) is 7.14. The Labute approximate surface area is 172 Å². The lowest BCUT2D eigenvalue weighted by molar-refractivity contribution is 0.520. The van der Waals surface area contributed by atoms with Crippen molar-refractivity contribution in [3.05, 3.63) is 48.5 Å². The summed E-state index contributed by atoms with van der Waals surface area (Å²) >= 11 is 0. The lowest BCUT2D eigenvalue weighted by Gasteiger charge is -2.28. The summed E-state index contributed by atoms with van der Waals surface area (Å²) in [4.78, 5) is 2.11. The highest BCUT2D eigenvalue weighted by Gasteiger charge is 2.24. The largest absolute Gasteiger partial charge is 0.369 e. The first-order valence-electron chi connectivity index (χ1n) is 9.21. The van der Waals surface area contributed by atoms with E-state index >= 15 is 0 Å². The molecule has 10 heteroatoms. The van der Waals surface area contributed by atoms with Crippen LogP contribution < -0.4 is 14.9 Å². The molecular weight excluding hydrogens is 412 g/mol. The fraction of sp³-hybridized carbons (Fsp3) is 0.368. The van der Waals surface area contributed by atoms with Crippen molar-refractivity contribution >= 4 is 31.4 Å². The van der Waals surface area contributed by atoms with Crippen LogP contribution in [0.4, 0.5) is 11.4 Å². The van der Waals surface area contributed by atoms with Gasteiger partial charge in [-0.3, -0.25) is 4.72 Å². The van der Waals surface area contributed by atoms with Crippen LogP contribution in [0.25, 0.3) is 0 Å². The SMILES string of the molecule is CN(c1ccccc1NS(=O)(=O)c1ccc(S(=O)(=O)N(C)C)cc1)C1CCNC1. The Balaban J connectivity index is 1.87. The molecule has 8 nitrogen and oxygen atoms in total. The lowest BCUT2D eigenvalue weighted by Crippen LogP contribution is -2.34. The summed E-state index contributed by atoms with van der Waals surface area (Å²) in [6.45, 7) is 1.78. The molecule has 0 amide bonds. The van der Waals surface area contributed by atoms with Gasteiger partial charge >= 0.3 is 0 Å².